The zero-order valence-corrected chi connectivity index (χ0v) is 21.4. The SMILES string of the molecule is [2H]C([2H])([2H])C(=O)N1CC(C)(c2nc(-c3cncc([C@@](O)(c4ccc(C(C)C)cc4)C4(C)CN(C)C4)c3)no2)C1. The van der Waals surface area contributed by atoms with Crippen molar-refractivity contribution in [1.82, 2.24) is 24.9 Å². The molecule has 2 saturated heterocycles. The van der Waals surface area contributed by atoms with E-state index in [0.717, 1.165) is 18.7 Å². The van der Waals surface area contributed by atoms with Crippen LogP contribution in [0.25, 0.3) is 11.4 Å². The normalized spacial score (nSPS) is 22.1. The van der Waals surface area contributed by atoms with Gasteiger partial charge in [-0.1, -0.05) is 50.2 Å². The zero-order valence-electron chi connectivity index (χ0n) is 24.4. The predicted molar refractivity (Wildman–Crippen MR) is 136 cm³/mol. The molecule has 0 bridgehead atoms. The third-order valence-corrected chi connectivity index (χ3v) is 7.83. The molecule has 190 valence electrons. The number of aromatic nitrogens is 3. The summed E-state index contributed by atoms with van der Waals surface area (Å²) in [6.07, 6.45) is 3.32. The molecule has 0 saturated carbocycles. The molecule has 0 radical (unpaired) electrons. The average Bonchev–Trinajstić information content (AvgIpc) is 3.35. The molecular weight excluding hydrogens is 454 g/mol. The van der Waals surface area contributed by atoms with Gasteiger partial charge in [-0.15, -0.1) is 0 Å². The summed E-state index contributed by atoms with van der Waals surface area (Å²) in [5.74, 6) is 0.137. The number of benzene rings is 1. The number of hydrogen-bond acceptors (Lipinski definition) is 7. The lowest BCUT2D eigenvalue weighted by molar-refractivity contribution is -0.136. The number of likely N-dealkylation sites (tertiary alicyclic amines) is 2. The first-order chi connectivity index (χ1) is 18.2. The molecule has 2 aliphatic rings. The van der Waals surface area contributed by atoms with Gasteiger partial charge in [0, 0.05) is 66.1 Å². The molecule has 4 heterocycles. The lowest BCUT2D eigenvalue weighted by atomic mass is 9.62. The fourth-order valence-corrected chi connectivity index (χ4v) is 5.77. The van der Waals surface area contributed by atoms with E-state index < -0.39 is 29.2 Å². The molecule has 2 aromatic heterocycles. The van der Waals surface area contributed by atoms with Crippen LogP contribution < -0.4 is 0 Å². The molecule has 8 nitrogen and oxygen atoms in total. The number of carbonyl (C=O) groups excluding carboxylic acids is 1. The summed E-state index contributed by atoms with van der Waals surface area (Å²) < 4.78 is 27.6. The number of aliphatic hydroxyl groups is 1. The van der Waals surface area contributed by atoms with E-state index in [-0.39, 0.29) is 13.1 Å². The summed E-state index contributed by atoms with van der Waals surface area (Å²) in [7, 11) is 2.04. The van der Waals surface area contributed by atoms with Crippen molar-refractivity contribution in [3.63, 3.8) is 0 Å². The van der Waals surface area contributed by atoms with Gasteiger partial charge in [0.1, 0.15) is 5.60 Å². The van der Waals surface area contributed by atoms with E-state index in [4.69, 9.17) is 8.64 Å². The standard InChI is InChI=1S/C28H35N5O3/c1-18(2)20-7-9-22(10-8-20)28(35,27(5)16-32(6)17-27)23-11-21(12-29-13-23)24-30-25(36-31-24)26(4)14-33(15-26)19(3)34/h7-13,18,35H,14-17H2,1-6H3/t28-/m0/s1/i3D3. The van der Waals surface area contributed by atoms with Crippen molar-refractivity contribution < 1.29 is 18.5 Å². The van der Waals surface area contributed by atoms with Gasteiger partial charge >= 0.3 is 0 Å². The molecule has 1 amide bonds. The number of hydrogen-bond donors (Lipinski definition) is 1. The highest BCUT2D eigenvalue weighted by atomic mass is 16.5. The number of amides is 1. The Balaban J connectivity index is 1.46. The van der Waals surface area contributed by atoms with Crippen LogP contribution in [0.15, 0.2) is 47.2 Å². The number of carbonyl (C=O) groups is 1. The first-order valence-corrected chi connectivity index (χ1v) is 12.3. The molecule has 0 unspecified atom stereocenters. The minimum atomic E-state index is -2.68. The van der Waals surface area contributed by atoms with Gasteiger partial charge in [-0.25, -0.2) is 0 Å². The summed E-state index contributed by atoms with van der Waals surface area (Å²) in [4.78, 5) is 24.6. The first-order valence-electron chi connectivity index (χ1n) is 13.8. The van der Waals surface area contributed by atoms with Crippen LogP contribution in [-0.2, 0) is 15.8 Å². The van der Waals surface area contributed by atoms with E-state index in [0.29, 0.717) is 28.8 Å². The molecule has 2 fully saturated rings. The molecular formula is C28H35N5O3. The summed E-state index contributed by atoms with van der Waals surface area (Å²) >= 11 is 0. The molecule has 0 spiro atoms. The Morgan fingerprint density at radius 3 is 2.44 bits per heavy atom. The Kier molecular flexibility index (Phi) is 4.96. The Hall–Kier alpha value is -3.10. The summed E-state index contributed by atoms with van der Waals surface area (Å²) in [6, 6.07) is 10.00. The maximum absolute atomic E-state index is 12.5. The Labute approximate surface area is 216 Å². The van der Waals surface area contributed by atoms with Gasteiger partial charge in [0.2, 0.25) is 17.6 Å². The van der Waals surface area contributed by atoms with E-state index in [9.17, 15) is 9.90 Å². The van der Waals surface area contributed by atoms with E-state index in [1.165, 1.54) is 10.5 Å². The second-order valence-corrected chi connectivity index (χ2v) is 11.3. The number of nitrogens with zero attached hydrogens (tertiary/aromatic N) is 5. The summed E-state index contributed by atoms with van der Waals surface area (Å²) in [6.45, 7) is 7.36. The maximum Gasteiger partial charge on any atom is 0.236 e. The monoisotopic (exact) mass is 492 g/mol. The van der Waals surface area contributed by atoms with Crippen LogP contribution >= 0.6 is 0 Å². The third kappa shape index (κ3) is 3.83. The topological polar surface area (TPSA) is 95.6 Å². The first kappa shape index (κ1) is 21.0. The van der Waals surface area contributed by atoms with Crippen molar-refractivity contribution in [3.8, 4) is 11.4 Å². The predicted octanol–water partition coefficient (Wildman–Crippen LogP) is 3.56. The molecule has 0 aliphatic carbocycles. The Morgan fingerprint density at radius 2 is 1.83 bits per heavy atom. The molecule has 36 heavy (non-hydrogen) atoms. The van der Waals surface area contributed by atoms with Crippen LogP contribution in [0.4, 0.5) is 0 Å². The highest BCUT2D eigenvalue weighted by molar-refractivity contribution is 5.74. The Morgan fingerprint density at radius 1 is 1.14 bits per heavy atom. The number of pyridine rings is 1. The largest absolute Gasteiger partial charge is 0.380 e. The minimum absolute atomic E-state index is 0.183. The average molecular weight is 493 g/mol. The van der Waals surface area contributed by atoms with E-state index in [2.05, 4.69) is 52.9 Å². The quantitative estimate of drug-likeness (QED) is 0.562. The van der Waals surface area contributed by atoms with Crippen molar-refractivity contribution in [2.24, 2.45) is 5.41 Å². The molecule has 2 aliphatic heterocycles. The highest BCUT2D eigenvalue weighted by Crippen LogP contribution is 2.50. The molecule has 1 aromatic carbocycles. The van der Waals surface area contributed by atoms with Crippen LogP contribution in [0.5, 0.6) is 0 Å². The van der Waals surface area contributed by atoms with Crippen molar-refractivity contribution in [1.29, 1.82) is 0 Å². The van der Waals surface area contributed by atoms with E-state index in [1.54, 1.807) is 12.4 Å². The van der Waals surface area contributed by atoms with Crippen molar-refractivity contribution in [2.45, 2.75) is 51.5 Å². The number of rotatable bonds is 6. The van der Waals surface area contributed by atoms with Gasteiger partial charge in [0.15, 0.2) is 0 Å². The molecule has 8 heteroatoms. The van der Waals surface area contributed by atoms with Crippen LogP contribution in [0.1, 0.15) is 67.2 Å². The smallest absolute Gasteiger partial charge is 0.236 e. The van der Waals surface area contributed by atoms with Crippen molar-refractivity contribution in [3.05, 3.63) is 65.3 Å². The van der Waals surface area contributed by atoms with Gasteiger partial charge in [-0.05, 0) is 37.1 Å². The van der Waals surface area contributed by atoms with Gasteiger partial charge in [0.25, 0.3) is 0 Å². The molecule has 1 N–H and O–H groups in total. The fourth-order valence-electron chi connectivity index (χ4n) is 5.77. The van der Waals surface area contributed by atoms with Crippen molar-refractivity contribution >= 4 is 5.91 Å². The highest BCUT2D eigenvalue weighted by Gasteiger charge is 2.55. The second kappa shape index (κ2) is 8.49. The molecule has 1 atom stereocenters. The van der Waals surface area contributed by atoms with Crippen LogP contribution in [0.3, 0.4) is 0 Å². The third-order valence-electron chi connectivity index (χ3n) is 7.83. The van der Waals surface area contributed by atoms with Crippen LogP contribution in [0, 0.1) is 5.41 Å². The molecule has 5 rings (SSSR count). The minimum Gasteiger partial charge on any atom is -0.380 e. The summed E-state index contributed by atoms with van der Waals surface area (Å²) in [5, 5.41) is 16.6. The maximum atomic E-state index is 12.5. The zero-order chi connectivity index (χ0) is 28.4. The van der Waals surface area contributed by atoms with Crippen LogP contribution in [0.2, 0.25) is 0 Å². The van der Waals surface area contributed by atoms with E-state index in [1.807, 2.05) is 32.2 Å². The van der Waals surface area contributed by atoms with Gasteiger partial charge in [-0.2, -0.15) is 4.98 Å². The van der Waals surface area contributed by atoms with E-state index >= 15 is 0 Å². The lowest BCUT2D eigenvalue weighted by Crippen LogP contribution is -2.63. The molecule has 3 aromatic rings. The van der Waals surface area contributed by atoms with Crippen molar-refractivity contribution in [2.75, 3.05) is 33.2 Å². The van der Waals surface area contributed by atoms with Gasteiger partial charge in [0.05, 0.1) is 5.41 Å². The van der Waals surface area contributed by atoms with Gasteiger partial charge in [-0.3, -0.25) is 9.78 Å². The fraction of sp³-hybridized carbons (Fsp3) is 0.500. The van der Waals surface area contributed by atoms with Crippen LogP contribution in [-0.4, -0.2) is 69.2 Å². The lowest BCUT2D eigenvalue weighted by Gasteiger charge is -2.55. The second-order valence-electron chi connectivity index (χ2n) is 11.3. The Bertz CT molecular complexity index is 1380. The van der Waals surface area contributed by atoms with Gasteiger partial charge < -0.3 is 19.4 Å². The summed E-state index contributed by atoms with van der Waals surface area (Å²) in [5.41, 5.74) is 0.851.